The molecule has 0 atom stereocenters. The molecule has 3 nitrogen and oxygen atoms in total. The van der Waals surface area contributed by atoms with Crippen molar-refractivity contribution in [1.29, 1.82) is 0 Å². The quantitative estimate of drug-likeness (QED) is 0.642. The Kier molecular flexibility index (Phi) is 3.51. The van der Waals surface area contributed by atoms with Crippen molar-refractivity contribution in [2.75, 3.05) is 11.1 Å². The van der Waals surface area contributed by atoms with Gasteiger partial charge >= 0.3 is 0 Å². The zero-order chi connectivity index (χ0) is 14.1. The standard InChI is InChI=1S/C15H11BrClN3/c16-12-4-3-11(8-13(12)17)19-15-6-1-9-7-10(18)2-5-14(9)20-15/h1-8H,18H2,(H,19,20). The van der Waals surface area contributed by atoms with Gasteiger partial charge in [0.1, 0.15) is 5.82 Å². The number of aromatic nitrogens is 1. The Bertz CT molecular complexity index is 789. The molecule has 0 aliphatic carbocycles. The second kappa shape index (κ2) is 5.31. The van der Waals surface area contributed by atoms with E-state index in [-0.39, 0.29) is 0 Å². The van der Waals surface area contributed by atoms with Crippen LogP contribution in [-0.2, 0) is 0 Å². The number of hydrogen-bond acceptors (Lipinski definition) is 3. The molecule has 5 heteroatoms. The molecule has 3 aromatic rings. The molecule has 1 aromatic heterocycles. The molecular weight excluding hydrogens is 338 g/mol. The van der Waals surface area contributed by atoms with Crippen molar-refractivity contribution < 1.29 is 0 Å². The summed E-state index contributed by atoms with van der Waals surface area (Å²) in [5.74, 6) is 0.765. The van der Waals surface area contributed by atoms with Gasteiger partial charge in [-0.25, -0.2) is 4.98 Å². The van der Waals surface area contributed by atoms with Crippen LogP contribution in [0.25, 0.3) is 10.9 Å². The lowest BCUT2D eigenvalue weighted by Crippen LogP contribution is -1.94. The zero-order valence-electron chi connectivity index (χ0n) is 10.4. The van der Waals surface area contributed by atoms with E-state index in [0.29, 0.717) is 5.02 Å². The first-order valence-corrected chi connectivity index (χ1v) is 7.17. The molecule has 0 aliphatic heterocycles. The summed E-state index contributed by atoms with van der Waals surface area (Å²) < 4.78 is 0.867. The normalized spacial score (nSPS) is 10.7. The fourth-order valence-corrected chi connectivity index (χ4v) is 2.36. The fourth-order valence-electron chi connectivity index (χ4n) is 1.94. The minimum absolute atomic E-state index is 0.656. The van der Waals surface area contributed by atoms with E-state index in [4.69, 9.17) is 17.3 Å². The van der Waals surface area contributed by atoms with Crippen molar-refractivity contribution in [3.05, 3.63) is 58.0 Å². The lowest BCUT2D eigenvalue weighted by atomic mass is 10.2. The van der Waals surface area contributed by atoms with Crippen LogP contribution in [0.3, 0.4) is 0 Å². The Morgan fingerprint density at radius 3 is 2.70 bits per heavy atom. The van der Waals surface area contributed by atoms with Crippen LogP contribution in [0.1, 0.15) is 0 Å². The summed E-state index contributed by atoms with van der Waals surface area (Å²) >= 11 is 9.44. The Labute approximate surface area is 129 Å². The van der Waals surface area contributed by atoms with E-state index in [1.165, 1.54) is 0 Å². The molecule has 100 valence electrons. The van der Waals surface area contributed by atoms with Crippen molar-refractivity contribution in [2.24, 2.45) is 0 Å². The predicted octanol–water partition coefficient (Wildman–Crippen LogP) is 4.98. The number of rotatable bonds is 2. The van der Waals surface area contributed by atoms with Gasteiger partial charge in [0.25, 0.3) is 0 Å². The third-order valence-electron chi connectivity index (χ3n) is 2.91. The number of nitrogens with one attached hydrogen (secondary N) is 1. The van der Waals surface area contributed by atoms with Crippen LogP contribution >= 0.6 is 27.5 Å². The van der Waals surface area contributed by atoms with Crippen LogP contribution < -0.4 is 11.1 Å². The lowest BCUT2D eigenvalue weighted by molar-refractivity contribution is 1.37. The highest BCUT2D eigenvalue weighted by atomic mass is 79.9. The number of nitrogen functional groups attached to an aromatic ring is 1. The van der Waals surface area contributed by atoms with Crippen molar-refractivity contribution in [2.45, 2.75) is 0 Å². The molecule has 0 bridgehead atoms. The number of hydrogen-bond donors (Lipinski definition) is 2. The molecule has 3 N–H and O–H groups in total. The van der Waals surface area contributed by atoms with Gasteiger partial charge in [-0.15, -0.1) is 0 Å². The predicted molar refractivity (Wildman–Crippen MR) is 88.6 cm³/mol. The van der Waals surface area contributed by atoms with Crippen molar-refractivity contribution >= 4 is 55.6 Å². The minimum atomic E-state index is 0.656. The first kappa shape index (κ1) is 13.2. The highest BCUT2D eigenvalue weighted by molar-refractivity contribution is 9.10. The minimum Gasteiger partial charge on any atom is -0.399 e. The largest absolute Gasteiger partial charge is 0.399 e. The van der Waals surface area contributed by atoms with Gasteiger partial charge in [-0.1, -0.05) is 11.6 Å². The van der Waals surface area contributed by atoms with Gasteiger partial charge < -0.3 is 11.1 Å². The summed E-state index contributed by atoms with van der Waals surface area (Å²) in [6.07, 6.45) is 0. The SMILES string of the molecule is Nc1ccc2nc(Nc3ccc(Br)c(Cl)c3)ccc2c1. The third kappa shape index (κ3) is 2.71. The van der Waals surface area contributed by atoms with Gasteiger partial charge in [0.2, 0.25) is 0 Å². The molecular formula is C15H11BrClN3. The van der Waals surface area contributed by atoms with Gasteiger partial charge in [0, 0.05) is 21.2 Å². The molecule has 0 radical (unpaired) electrons. The van der Waals surface area contributed by atoms with Crippen LogP contribution in [0.5, 0.6) is 0 Å². The van der Waals surface area contributed by atoms with Crippen LogP contribution in [0.2, 0.25) is 5.02 Å². The zero-order valence-corrected chi connectivity index (χ0v) is 12.7. The van der Waals surface area contributed by atoms with Gasteiger partial charge in [-0.05, 0) is 64.5 Å². The molecule has 1 heterocycles. The van der Waals surface area contributed by atoms with Crippen LogP contribution in [0.15, 0.2) is 53.0 Å². The lowest BCUT2D eigenvalue weighted by Gasteiger charge is -2.08. The number of nitrogens with zero attached hydrogens (tertiary/aromatic N) is 1. The number of nitrogens with two attached hydrogens (primary N) is 1. The average Bonchev–Trinajstić information content (AvgIpc) is 2.43. The molecule has 0 fully saturated rings. The average molecular weight is 349 g/mol. The number of anilines is 3. The van der Waals surface area contributed by atoms with E-state index >= 15 is 0 Å². The molecule has 0 unspecified atom stereocenters. The van der Waals surface area contributed by atoms with E-state index in [1.54, 1.807) is 0 Å². The van der Waals surface area contributed by atoms with E-state index in [1.807, 2.05) is 48.5 Å². The Hall–Kier alpha value is -1.78. The van der Waals surface area contributed by atoms with Crippen molar-refractivity contribution in [3.63, 3.8) is 0 Å². The topological polar surface area (TPSA) is 50.9 Å². The van der Waals surface area contributed by atoms with E-state index < -0.39 is 0 Å². The van der Waals surface area contributed by atoms with Crippen LogP contribution in [0.4, 0.5) is 17.2 Å². The Morgan fingerprint density at radius 1 is 1.05 bits per heavy atom. The van der Waals surface area contributed by atoms with Crippen molar-refractivity contribution in [1.82, 2.24) is 4.98 Å². The second-order valence-electron chi connectivity index (χ2n) is 4.40. The van der Waals surface area contributed by atoms with Gasteiger partial charge in [0.05, 0.1) is 10.5 Å². The number of halogens is 2. The summed E-state index contributed by atoms with van der Waals surface area (Å²) in [7, 11) is 0. The van der Waals surface area contributed by atoms with Gasteiger partial charge in [0.15, 0.2) is 0 Å². The summed E-state index contributed by atoms with van der Waals surface area (Å²) in [5.41, 5.74) is 8.27. The molecule has 3 rings (SSSR count). The second-order valence-corrected chi connectivity index (χ2v) is 5.66. The molecule has 0 saturated heterocycles. The maximum atomic E-state index is 6.07. The maximum absolute atomic E-state index is 6.07. The number of pyridine rings is 1. The molecule has 0 spiro atoms. The van der Waals surface area contributed by atoms with E-state index in [9.17, 15) is 0 Å². The highest BCUT2D eigenvalue weighted by Crippen LogP contribution is 2.27. The smallest absolute Gasteiger partial charge is 0.131 e. The first-order chi connectivity index (χ1) is 9.61. The highest BCUT2D eigenvalue weighted by Gasteiger charge is 2.02. The fraction of sp³-hybridized carbons (Fsp3) is 0. The molecule has 20 heavy (non-hydrogen) atoms. The summed E-state index contributed by atoms with van der Waals surface area (Å²) in [6.45, 7) is 0. The summed E-state index contributed by atoms with van der Waals surface area (Å²) in [4.78, 5) is 4.54. The number of benzene rings is 2. The monoisotopic (exact) mass is 347 g/mol. The molecule has 0 aliphatic rings. The Morgan fingerprint density at radius 2 is 1.90 bits per heavy atom. The van der Waals surface area contributed by atoms with Crippen LogP contribution in [0, 0.1) is 0 Å². The van der Waals surface area contributed by atoms with Gasteiger partial charge in [-0.2, -0.15) is 0 Å². The molecule has 0 amide bonds. The van der Waals surface area contributed by atoms with E-state index in [0.717, 1.165) is 32.6 Å². The van der Waals surface area contributed by atoms with Gasteiger partial charge in [-0.3, -0.25) is 0 Å². The first-order valence-electron chi connectivity index (χ1n) is 6.00. The third-order valence-corrected chi connectivity index (χ3v) is 4.14. The summed E-state index contributed by atoms with van der Waals surface area (Å²) in [5, 5.41) is 4.91. The van der Waals surface area contributed by atoms with Crippen LogP contribution in [-0.4, -0.2) is 4.98 Å². The van der Waals surface area contributed by atoms with E-state index in [2.05, 4.69) is 26.2 Å². The Balaban J connectivity index is 1.94. The summed E-state index contributed by atoms with van der Waals surface area (Å²) in [6, 6.07) is 15.2. The molecule has 0 saturated carbocycles. The maximum Gasteiger partial charge on any atom is 0.131 e. The molecule has 2 aromatic carbocycles. The number of fused-ring (bicyclic) bond motifs is 1. The van der Waals surface area contributed by atoms with Crippen molar-refractivity contribution in [3.8, 4) is 0 Å².